The Hall–Kier alpha value is -0.710. The van der Waals surface area contributed by atoms with Crippen molar-refractivity contribution in [1.82, 2.24) is 0 Å². The number of carbonyl (C=O) groups excluding carboxylic acids is 2. The molecule has 0 saturated heterocycles. The highest BCUT2D eigenvalue weighted by molar-refractivity contribution is 7.80. The van der Waals surface area contributed by atoms with E-state index in [0.717, 1.165) is 0 Å². The fourth-order valence-corrected chi connectivity index (χ4v) is 0.952. The van der Waals surface area contributed by atoms with E-state index in [1.54, 1.807) is 0 Å². The largest absolute Gasteiger partial charge is 0.469 e. The number of methoxy groups -OCH3 is 2. The Balaban J connectivity index is 3.99. The van der Waals surface area contributed by atoms with Gasteiger partial charge in [-0.15, -0.1) is 0 Å². The van der Waals surface area contributed by atoms with Crippen molar-refractivity contribution < 1.29 is 19.1 Å². The molecule has 0 amide bonds. The van der Waals surface area contributed by atoms with E-state index in [4.69, 9.17) is 0 Å². The van der Waals surface area contributed by atoms with Gasteiger partial charge in [0, 0.05) is 5.75 Å². The van der Waals surface area contributed by atoms with Crippen LogP contribution in [0.15, 0.2) is 0 Å². The maximum absolute atomic E-state index is 10.9. The quantitative estimate of drug-likeness (QED) is 0.513. The standard InChI is InChI=1S/C7H12O4S/c1-10-6(8)3-5(4-12)7(9)11-2/h5,12H,3-4H2,1-2H3. The van der Waals surface area contributed by atoms with E-state index in [1.807, 2.05) is 0 Å². The molecule has 0 aromatic carbocycles. The minimum Gasteiger partial charge on any atom is -0.469 e. The van der Waals surface area contributed by atoms with E-state index in [-0.39, 0.29) is 12.2 Å². The first-order chi connectivity index (χ1) is 5.65. The topological polar surface area (TPSA) is 52.6 Å². The molecule has 0 saturated carbocycles. The lowest BCUT2D eigenvalue weighted by Gasteiger charge is -2.09. The van der Waals surface area contributed by atoms with Crippen LogP contribution in [0, 0.1) is 5.92 Å². The number of rotatable bonds is 4. The minimum atomic E-state index is -0.509. The smallest absolute Gasteiger partial charge is 0.310 e. The van der Waals surface area contributed by atoms with Crippen molar-refractivity contribution in [3.05, 3.63) is 0 Å². The lowest BCUT2D eigenvalue weighted by Crippen LogP contribution is -2.21. The van der Waals surface area contributed by atoms with Crippen LogP contribution in [-0.2, 0) is 19.1 Å². The monoisotopic (exact) mass is 192 g/mol. The lowest BCUT2D eigenvalue weighted by atomic mass is 10.1. The molecule has 0 rings (SSSR count). The zero-order valence-corrected chi connectivity index (χ0v) is 7.97. The number of ether oxygens (including phenoxy) is 2. The first kappa shape index (κ1) is 11.3. The van der Waals surface area contributed by atoms with E-state index < -0.39 is 17.9 Å². The zero-order valence-electron chi connectivity index (χ0n) is 7.07. The van der Waals surface area contributed by atoms with Gasteiger partial charge in [0.15, 0.2) is 0 Å². The van der Waals surface area contributed by atoms with Gasteiger partial charge < -0.3 is 9.47 Å². The van der Waals surface area contributed by atoms with E-state index in [0.29, 0.717) is 0 Å². The second-order valence-corrected chi connectivity index (χ2v) is 2.55. The SMILES string of the molecule is COC(=O)CC(CS)C(=O)OC. The van der Waals surface area contributed by atoms with E-state index in [2.05, 4.69) is 22.1 Å². The van der Waals surface area contributed by atoms with Crippen LogP contribution in [0.5, 0.6) is 0 Å². The highest BCUT2D eigenvalue weighted by Gasteiger charge is 2.21. The molecule has 1 unspecified atom stereocenters. The molecule has 0 fully saturated rings. The molecule has 0 N–H and O–H groups in total. The summed E-state index contributed by atoms with van der Waals surface area (Å²) < 4.78 is 8.85. The average Bonchev–Trinajstić information content (AvgIpc) is 2.12. The molecule has 0 aliphatic carbocycles. The van der Waals surface area contributed by atoms with Crippen molar-refractivity contribution in [2.45, 2.75) is 6.42 Å². The summed E-state index contributed by atoms with van der Waals surface area (Å²) in [7, 11) is 2.55. The zero-order chi connectivity index (χ0) is 9.56. The van der Waals surface area contributed by atoms with E-state index >= 15 is 0 Å². The maximum Gasteiger partial charge on any atom is 0.310 e. The van der Waals surface area contributed by atoms with Crippen molar-refractivity contribution >= 4 is 24.6 Å². The molecule has 0 aliphatic rings. The van der Waals surface area contributed by atoms with Crippen molar-refractivity contribution in [2.24, 2.45) is 5.92 Å². The van der Waals surface area contributed by atoms with Crippen LogP contribution in [0.3, 0.4) is 0 Å². The average molecular weight is 192 g/mol. The highest BCUT2D eigenvalue weighted by Crippen LogP contribution is 2.08. The summed E-state index contributed by atoms with van der Waals surface area (Å²) in [6.07, 6.45) is 0.0205. The summed E-state index contributed by atoms with van der Waals surface area (Å²) in [6.45, 7) is 0. The number of esters is 2. The van der Waals surface area contributed by atoms with Crippen molar-refractivity contribution in [3.8, 4) is 0 Å². The van der Waals surface area contributed by atoms with Crippen molar-refractivity contribution in [3.63, 3.8) is 0 Å². The second kappa shape index (κ2) is 5.88. The molecule has 70 valence electrons. The van der Waals surface area contributed by atoms with Gasteiger partial charge in [0.2, 0.25) is 0 Å². The summed E-state index contributed by atoms with van der Waals surface area (Å²) in [5, 5.41) is 0. The molecular weight excluding hydrogens is 180 g/mol. The Kier molecular flexibility index (Phi) is 5.53. The fraction of sp³-hybridized carbons (Fsp3) is 0.714. The molecule has 4 nitrogen and oxygen atoms in total. The van der Waals surface area contributed by atoms with Gasteiger partial charge in [0.1, 0.15) is 0 Å². The summed E-state index contributed by atoms with van der Waals surface area (Å²) >= 11 is 3.91. The third-order valence-corrected chi connectivity index (χ3v) is 1.84. The van der Waals surface area contributed by atoms with Crippen LogP contribution >= 0.6 is 12.6 Å². The normalized spacial score (nSPS) is 11.9. The molecular formula is C7H12O4S. The third-order valence-electron chi connectivity index (χ3n) is 1.40. The van der Waals surface area contributed by atoms with Gasteiger partial charge in [-0.25, -0.2) is 0 Å². The Labute approximate surface area is 76.6 Å². The van der Waals surface area contributed by atoms with Crippen LogP contribution in [0.1, 0.15) is 6.42 Å². The summed E-state index contributed by atoms with van der Waals surface area (Å²) in [4.78, 5) is 21.7. The molecule has 0 spiro atoms. The number of hydrogen-bond donors (Lipinski definition) is 1. The van der Waals surface area contributed by atoms with Gasteiger partial charge in [-0.3, -0.25) is 9.59 Å². The van der Waals surface area contributed by atoms with Gasteiger partial charge in [-0.2, -0.15) is 12.6 Å². The minimum absolute atomic E-state index is 0.0205. The van der Waals surface area contributed by atoms with Crippen molar-refractivity contribution in [2.75, 3.05) is 20.0 Å². The van der Waals surface area contributed by atoms with Crippen LogP contribution < -0.4 is 0 Å². The van der Waals surface area contributed by atoms with Crippen LogP contribution in [-0.4, -0.2) is 31.9 Å². The van der Waals surface area contributed by atoms with Crippen LogP contribution in [0.2, 0.25) is 0 Å². The predicted octanol–water partition coefficient (Wildman–Crippen LogP) is 0.268. The molecule has 12 heavy (non-hydrogen) atoms. The lowest BCUT2D eigenvalue weighted by molar-refractivity contribution is -0.151. The first-order valence-corrected chi connectivity index (χ1v) is 4.04. The Bertz CT molecular complexity index is 169. The van der Waals surface area contributed by atoms with E-state index in [1.165, 1.54) is 14.2 Å². The maximum atomic E-state index is 10.9. The summed E-state index contributed by atoms with van der Waals surface area (Å²) in [6, 6.07) is 0. The number of hydrogen-bond acceptors (Lipinski definition) is 5. The van der Waals surface area contributed by atoms with Gasteiger partial charge in [-0.1, -0.05) is 0 Å². The summed E-state index contributed by atoms with van der Waals surface area (Å²) in [5.41, 5.74) is 0. The molecule has 0 bridgehead atoms. The fourth-order valence-electron chi connectivity index (χ4n) is 0.674. The predicted molar refractivity (Wildman–Crippen MR) is 46.0 cm³/mol. The molecule has 1 atom stereocenters. The van der Waals surface area contributed by atoms with Crippen LogP contribution in [0.25, 0.3) is 0 Å². The molecule has 0 aliphatic heterocycles. The molecule has 0 aromatic heterocycles. The van der Waals surface area contributed by atoms with E-state index in [9.17, 15) is 9.59 Å². The van der Waals surface area contributed by atoms with Gasteiger partial charge in [0.05, 0.1) is 26.6 Å². The van der Waals surface area contributed by atoms with Crippen LogP contribution in [0.4, 0.5) is 0 Å². The summed E-state index contributed by atoms with van der Waals surface area (Å²) in [5.74, 6) is -1.09. The second-order valence-electron chi connectivity index (χ2n) is 2.18. The van der Waals surface area contributed by atoms with Crippen molar-refractivity contribution in [1.29, 1.82) is 0 Å². The highest BCUT2D eigenvalue weighted by atomic mass is 32.1. The number of carbonyl (C=O) groups is 2. The molecule has 0 heterocycles. The Morgan fingerprint density at radius 2 is 1.92 bits per heavy atom. The number of thiol groups is 1. The van der Waals surface area contributed by atoms with Gasteiger partial charge in [0.25, 0.3) is 0 Å². The molecule has 0 aromatic rings. The Morgan fingerprint density at radius 3 is 2.25 bits per heavy atom. The third kappa shape index (κ3) is 3.61. The molecule has 0 radical (unpaired) electrons. The molecule has 5 heteroatoms. The van der Waals surface area contributed by atoms with Gasteiger partial charge >= 0.3 is 11.9 Å². The van der Waals surface area contributed by atoms with Gasteiger partial charge in [-0.05, 0) is 0 Å². The first-order valence-electron chi connectivity index (χ1n) is 3.41. The Morgan fingerprint density at radius 1 is 1.33 bits per heavy atom.